The molecule has 0 unspecified atom stereocenters. The zero-order valence-corrected chi connectivity index (χ0v) is 16.2. The van der Waals surface area contributed by atoms with Gasteiger partial charge in [0.1, 0.15) is 0 Å². The summed E-state index contributed by atoms with van der Waals surface area (Å²) in [5.74, 6) is 0.145. The van der Waals surface area contributed by atoms with Crippen LogP contribution in [0, 0.1) is 6.92 Å². The molecule has 1 aliphatic carbocycles. The van der Waals surface area contributed by atoms with Gasteiger partial charge in [-0.15, -0.1) is 11.8 Å². The Hall–Kier alpha value is -1.79. The van der Waals surface area contributed by atoms with Crippen LogP contribution >= 0.6 is 27.7 Å². The number of anilines is 1. The van der Waals surface area contributed by atoms with E-state index >= 15 is 0 Å². The summed E-state index contributed by atoms with van der Waals surface area (Å²) in [6, 6.07) is 13.4. The number of hydrogen-bond acceptors (Lipinski definition) is 3. The molecule has 130 valence electrons. The highest BCUT2D eigenvalue weighted by molar-refractivity contribution is 9.10. The molecule has 6 heteroatoms. The molecule has 0 atom stereocenters. The first-order valence-corrected chi connectivity index (χ1v) is 9.89. The van der Waals surface area contributed by atoms with Crippen molar-refractivity contribution in [3.05, 3.63) is 58.1 Å². The van der Waals surface area contributed by atoms with E-state index in [9.17, 15) is 9.59 Å². The lowest BCUT2D eigenvalue weighted by Gasteiger charge is -2.09. The number of carbonyl (C=O) groups excluding carboxylic acids is 2. The first-order chi connectivity index (χ1) is 12.0. The van der Waals surface area contributed by atoms with Crippen molar-refractivity contribution in [2.45, 2.75) is 30.7 Å². The molecule has 0 bridgehead atoms. The maximum Gasteiger partial charge on any atom is 0.251 e. The molecule has 0 heterocycles. The number of hydrogen-bond donors (Lipinski definition) is 2. The Kier molecular flexibility index (Phi) is 5.81. The van der Waals surface area contributed by atoms with Crippen molar-refractivity contribution in [3.63, 3.8) is 0 Å². The Bertz CT molecular complexity index is 806. The lowest BCUT2D eigenvalue weighted by atomic mass is 10.2. The van der Waals surface area contributed by atoms with Gasteiger partial charge < -0.3 is 10.6 Å². The van der Waals surface area contributed by atoms with Crippen molar-refractivity contribution < 1.29 is 9.59 Å². The molecule has 2 aromatic rings. The molecule has 3 rings (SSSR count). The van der Waals surface area contributed by atoms with E-state index in [-0.39, 0.29) is 11.8 Å². The maximum atomic E-state index is 12.2. The monoisotopic (exact) mass is 418 g/mol. The topological polar surface area (TPSA) is 58.2 Å². The Morgan fingerprint density at radius 2 is 2.00 bits per heavy atom. The molecular weight excluding hydrogens is 400 g/mol. The minimum atomic E-state index is -0.0907. The Balaban J connectivity index is 1.56. The number of amides is 2. The van der Waals surface area contributed by atoms with E-state index in [4.69, 9.17) is 0 Å². The number of thioether (sulfide) groups is 1. The Morgan fingerprint density at radius 3 is 2.72 bits per heavy atom. The van der Waals surface area contributed by atoms with E-state index in [1.54, 1.807) is 24.3 Å². The second kappa shape index (κ2) is 8.06. The summed E-state index contributed by atoms with van der Waals surface area (Å²) in [4.78, 5) is 25.3. The fraction of sp³-hybridized carbons (Fsp3) is 0.263. The van der Waals surface area contributed by atoms with E-state index in [0.717, 1.165) is 27.8 Å². The van der Waals surface area contributed by atoms with E-state index in [0.29, 0.717) is 23.0 Å². The van der Waals surface area contributed by atoms with Crippen LogP contribution in [0.25, 0.3) is 0 Å². The second-order valence-electron chi connectivity index (χ2n) is 6.08. The van der Waals surface area contributed by atoms with Crippen molar-refractivity contribution in [1.29, 1.82) is 0 Å². The van der Waals surface area contributed by atoms with Gasteiger partial charge >= 0.3 is 0 Å². The molecule has 2 aromatic carbocycles. The fourth-order valence-electron chi connectivity index (χ4n) is 2.35. The van der Waals surface area contributed by atoms with Gasteiger partial charge in [-0.05, 0) is 61.7 Å². The van der Waals surface area contributed by atoms with Crippen LogP contribution in [0.3, 0.4) is 0 Å². The summed E-state index contributed by atoms with van der Waals surface area (Å²) in [5, 5.41) is 5.81. The number of aryl methyl sites for hydroxylation is 1. The highest BCUT2D eigenvalue weighted by Crippen LogP contribution is 2.25. The molecule has 1 fully saturated rings. The van der Waals surface area contributed by atoms with Crippen LogP contribution in [0.2, 0.25) is 0 Å². The molecular formula is C19H19BrN2O2S. The van der Waals surface area contributed by atoms with Gasteiger partial charge in [0.25, 0.3) is 5.91 Å². The van der Waals surface area contributed by atoms with Gasteiger partial charge in [-0.1, -0.05) is 22.0 Å². The molecule has 0 saturated heterocycles. The summed E-state index contributed by atoms with van der Waals surface area (Å²) in [6.45, 7) is 2.02. The highest BCUT2D eigenvalue weighted by atomic mass is 79.9. The van der Waals surface area contributed by atoms with E-state index < -0.39 is 0 Å². The van der Waals surface area contributed by atoms with Crippen molar-refractivity contribution in [3.8, 4) is 0 Å². The van der Waals surface area contributed by atoms with Crippen LogP contribution in [0.15, 0.2) is 51.8 Å². The van der Waals surface area contributed by atoms with Crippen molar-refractivity contribution in [1.82, 2.24) is 5.32 Å². The smallest absolute Gasteiger partial charge is 0.251 e. The summed E-state index contributed by atoms with van der Waals surface area (Å²) in [6.07, 6.45) is 2.10. The zero-order chi connectivity index (χ0) is 17.8. The van der Waals surface area contributed by atoms with Gasteiger partial charge in [0.15, 0.2) is 0 Å². The minimum Gasteiger partial charge on any atom is -0.349 e. The first kappa shape index (κ1) is 18.0. The third kappa shape index (κ3) is 5.34. The summed E-state index contributed by atoms with van der Waals surface area (Å²) in [5.41, 5.74) is 2.34. The normalized spacial score (nSPS) is 13.4. The SMILES string of the molecule is Cc1cc(Br)ccc1SCC(=O)Nc1cccc(C(=O)NC2CC2)c1. The van der Waals surface area contributed by atoms with Crippen LogP contribution in [0.5, 0.6) is 0 Å². The lowest BCUT2D eigenvalue weighted by molar-refractivity contribution is -0.113. The Labute approximate surface area is 159 Å². The third-order valence-corrected chi connectivity index (χ3v) is 5.49. The molecule has 25 heavy (non-hydrogen) atoms. The molecule has 0 aliphatic heterocycles. The van der Waals surface area contributed by atoms with Crippen LogP contribution in [0.1, 0.15) is 28.8 Å². The average Bonchev–Trinajstić information content (AvgIpc) is 3.38. The van der Waals surface area contributed by atoms with Gasteiger partial charge in [-0.3, -0.25) is 9.59 Å². The third-order valence-electron chi connectivity index (χ3n) is 3.82. The molecule has 4 nitrogen and oxygen atoms in total. The van der Waals surface area contributed by atoms with E-state index in [2.05, 4.69) is 26.6 Å². The maximum absolute atomic E-state index is 12.2. The summed E-state index contributed by atoms with van der Waals surface area (Å²) in [7, 11) is 0. The van der Waals surface area contributed by atoms with Gasteiger partial charge in [-0.2, -0.15) is 0 Å². The quantitative estimate of drug-likeness (QED) is 0.684. The van der Waals surface area contributed by atoms with E-state index in [1.165, 1.54) is 11.8 Å². The first-order valence-electron chi connectivity index (χ1n) is 8.11. The number of carbonyl (C=O) groups is 2. The van der Waals surface area contributed by atoms with Crippen molar-refractivity contribution in [2.75, 3.05) is 11.1 Å². The van der Waals surface area contributed by atoms with Crippen LogP contribution < -0.4 is 10.6 Å². The van der Waals surface area contributed by atoms with Gasteiger partial charge in [0, 0.05) is 26.7 Å². The average molecular weight is 419 g/mol. The summed E-state index contributed by atoms with van der Waals surface area (Å²) >= 11 is 4.93. The molecule has 1 saturated carbocycles. The Morgan fingerprint density at radius 1 is 1.20 bits per heavy atom. The van der Waals surface area contributed by atoms with Crippen LogP contribution in [0.4, 0.5) is 5.69 Å². The van der Waals surface area contributed by atoms with Crippen LogP contribution in [-0.4, -0.2) is 23.6 Å². The van der Waals surface area contributed by atoms with Gasteiger partial charge in [0.2, 0.25) is 5.91 Å². The minimum absolute atomic E-state index is 0.0848. The number of rotatable bonds is 6. The highest BCUT2D eigenvalue weighted by Gasteiger charge is 2.23. The molecule has 0 radical (unpaired) electrons. The largest absolute Gasteiger partial charge is 0.349 e. The van der Waals surface area contributed by atoms with Gasteiger partial charge in [-0.25, -0.2) is 0 Å². The zero-order valence-electron chi connectivity index (χ0n) is 13.8. The molecule has 1 aliphatic rings. The number of benzene rings is 2. The lowest BCUT2D eigenvalue weighted by Crippen LogP contribution is -2.25. The molecule has 2 amide bonds. The van der Waals surface area contributed by atoms with Gasteiger partial charge in [0.05, 0.1) is 5.75 Å². The van der Waals surface area contributed by atoms with Crippen LogP contribution in [-0.2, 0) is 4.79 Å². The second-order valence-corrected chi connectivity index (χ2v) is 8.01. The van der Waals surface area contributed by atoms with E-state index in [1.807, 2.05) is 25.1 Å². The van der Waals surface area contributed by atoms with Crippen molar-refractivity contribution >= 4 is 45.2 Å². The molecule has 0 spiro atoms. The fourth-order valence-corrected chi connectivity index (χ4v) is 3.63. The standard InChI is InChI=1S/C19H19BrN2O2S/c1-12-9-14(20)5-8-17(12)25-11-18(23)21-16-4-2-3-13(10-16)19(24)22-15-6-7-15/h2-5,8-10,15H,6-7,11H2,1H3,(H,21,23)(H,22,24). The predicted molar refractivity (Wildman–Crippen MR) is 105 cm³/mol. The summed E-state index contributed by atoms with van der Waals surface area (Å²) < 4.78 is 1.03. The number of halogens is 1. The number of nitrogens with one attached hydrogen (secondary N) is 2. The molecule has 2 N–H and O–H groups in total. The predicted octanol–water partition coefficient (Wildman–Crippen LogP) is 4.38. The molecule has 0 aromatic heterocycles. The van der Waals surface area contributed by atoms with Crippen molar-refractivity contribution in [2.24, 2.45) is 0 Å².